The average molecular weight is 357 g/mol. The number of ether oxygens (including phenoxy) is 1. The first-order chi connectivity index (χ1) is 10.4. The Labute approximate surface area is 129 Å². The lowest BCUT2D eigenvalue weighted by molar-refractivity contribution is -0.0510. The van der Waals surface area contributed by atoms with E-state index in [1.807, 2.05) is 6.07 Å². The first-order valence-electron chi connectivity index (χ1n) is 5.76. The molecular formula is C11H14F3N3O5S. The lowest BCUT2D eigenvalue weighted by Crippen LogP contribution is -2.23. The first kappa shape index (κ1) is 20.7. The fourth-order valence-electron chi connectivity index (χ4n) is 0.971. The standard InChI is InChI=1S/C10H13N3O2.CHF3O3S/c11-10(12)13-6-7-15-9(14)8-4-2-1-3-5-8;2-1(3,4)8(5,6)7/h1-5H,6-7H2,(H4,11,12,13);(H,5,6,7). The van der Waals surface area contributed by atoms with Gasteiger partial charge in [0.05, 0.1) is 12.1 Å². The molecular weight excluding hydrogens is 343 g/mol. The molecule has 1 aromatic carbocycles. The Morgan fingerprint density at radius 3 is 2.09 bits per heavy atom. The van der Waals surface area contributed by atoms with E-state index in [-0.39, 0.29) is 25.1 Å². The Balaban J connectivity index is 0.000000515. The molecule has 0 saturated heterocycles. The zero-order chi connectivity index (χ0) is 18.1. The Morgan fingerprint density at radius 2 is 1.70 bits per heavy atom. The molecule has 0 saturated carbocycles. The van der Waals surface area contributed by atoms with Gasteiger partial charge in [-0.15, -0.1) is 0 Å². The van der Waals surface area contributed by atoms with Crippen LogP contribution in [0.1, 0.15) is 10.4 Å². The Hall–Kier alpha value is -2.34. The highest BCUT2D eigenvalue weighted by Crippen LogP contribution is 2.20. The number of rotatable bonds is 4. The maximum atomic E-state index is 11.4. The lowest BCUT2D eigenvalue weighted by atomic mass is 10.2. The number of alkyl halides is 3. The van der Waals surface area contributed by atoms with Crippen LogP contribution in [0.2, 0.25) is 0 Å². The third-order valence-corrected chi connectivity index (χ3v) is 2.51. The summed E-state index contributed by atoms with van der Waals surface area (Å²) in [6, 6.07) is 8.74. The van der Waals surface area contributed by atoms with E-state index in [0.29, 0.717) is 5.56 Å². The molecule has 0 aromatic heterocycles. The van der Waals surface area contributed by atoms with Crippen molar-refractivity contribution < 1.29 is 35.7 Å². The number of hydrogen-bond acceptors (Lipinski definition) is 5. The summed E-state index contributed by atoms with van der Waals surface area (Å²) in [6.45, 7) is 0.451. The average Bonchev–Trinajstić information content (AvgIpc) is 2.42. The van der Waals surface area contributed by atoms with Gasteiger partial charge in [0.15, 0.2) is 5.96 Å². The Morgan fingerprint density at radius 1 is 1.22 bits per heavy atom. The van der Waals surface area contributed by atoms with Crippen LogP contribution in [0, 0.1) is 0 Å². The van der Waals surface area contributed by atoms with Crippen molar-refractivity contribution in [2.24, 2.45) is 16.5 Å². The van der Waals surface area contributed by atoms with Crippen LogP contribution < -0.4 is 11.5 Å². The number of hydrogen-bond donors (Lipinski definition) is 3. The van der Waals surface area contributed by atoms with Gasteiger partial charge < -0.3 is 16.2 Å². The zero-order valence-corrected chi connectivity index (χ0v) is 12.3. The van der Waals surface area contributed by atoms with E-state index >= 15 is 0 Å². The van der Waals surface area contributed by atoms with E-state index in [2.05, 4.69) is 4.99 Å². The zero-order valence-electron chi connectivity index (χ0n) is 11.5. The molecule has 0 bridgehead atoms. The molecule has 0 fully saturated rings. The van der Waals surface area contributed by atoms with Gasteiger partial charge in [-0.3, -0.25) is 9.55 Å². The van der Waals surface area contributed by atoms with Crippen molar-refractivity contribution in [2.75, 3.05) is 13.2 Å². The number of nitrogens with zero attached hydrogens (tertiary/aromatic N) is 1. The molecule has 130 valence electrons. The summed E-state index contributed by atoms with van der Waals surface area (Å²) in [5.74, 6) is -0.382. The van der Waals surface area contributed by atoms with Gasteiger partial charge in [0.1, 0.15) is 6.61 Å². The van der Waals surface area contributed by atoms with Crippen LogP contribution in [0.25, 0.3) is 0 Å². The molecule has 0 aliphatic heterocycles. The third-order valence-electron chi connectivity index (χ3n) is 1.92. The second kappa shape index (κ2) is 8.95. The van der Waals surface area contributed by atoms with Gasteiger partial charge in [0, 0.05) is 0 Å². The minimum absolute atomic E-state index is 0.00856. The van der Waals surface area contributed by atoms with Crippen LogP contribution in [0.4, 0.5) is 13.2 Å². The summed E-state index contributed by atoms with van der Waals surface area (Å²) in [5.41, 5.74) is 5.20. The summed E-state index contributed by atoms with van der Waals surface area (Å²) >= 11 is 0. The maximum Gasteiger partial charge on any atom is 0.522 e. The smallest absolute Gasteiger partial charge is 0.460 e. The molecule has 1 aromatic rings. The molecule has 0 radical (unpaired) electrons. The molecule has 0 unspecified atom stereocenters. The highest BCUT2D eigenvalue weighted by molar-refractivity contribution is 7.86. The van der Waals surface area contributed by atoms with E-state index in [4.69, 9.17) is 29.2 Å². The van der Waals surface area contributed by atoms with E-state index in [1.54, 1.807) is 24.3 Å². The number of halogens is 3. The second-order valence-electron chi connectivity index (χ2n) is 3.73. The first-order valence-corrected chi connectivity index (χ1v) is 7.20. The summed E-state index contributed by atoms with van der Waals surface area (Å²) in [4.78, 5) is 15.0. The summed E-state index contributed by atoms with van der Waals surface area (Å²) < 4.78 is 62.5. The molecule has 5 N–H and O–H groups in total. The van der Waals surface area contributed by atoms with E-state index < -0.39 is 15.6 Å². The topological polar surface area (TPSA) is 145 Å². The highest BCUT2D eigenvalue weighted by atomic mass is 32.2. The largest absolute Gasteiger partial charge is 0.522 e. The van der Waals surface area contributed by atoms with Crippen LogP contribution in [0.15, 0.2) is 35.3 Å². The molecule has 23 heavy (non-hydrogen) atoms. The molecule has 0 amide bonds. The van der Waals surface area contributed by atoms with E-state index in [9.17, 15) is 18.0 Å². The van der Waals surface area contributed by atoms with Crippen LogP contribution in [0.3, 0.4) is 0 Å². The number of aliphatic imine (C=N–C) groups is 1. The minimum Gasteiger partial charge on any atom is -0.460 e. The summed E-state index contributed by atoms with van der Waals surface area (Å²) in [5, 5.41) is 0. The predicted molar refractivity (Wildman–Crippen MR) is 75.0 cm³/mol. The monoisotopic (exact) mass is 357 g/mol. The van der Waals surface area contributed by atoms with Crippen molar-refractivity contribution in [1.82, 2.24) is 0 Å². The van der Waals surface area contributed by atoms with Crippen molar-refractivity contribution in [1.29, 1.82) is 0 Å². The molecule has 0 aliphatic carbocycles. The number of nitrogens with two attached hydrogens (primary N) is 2. The van der Waals surface area contributed by atoms with Gasteiger partial charge in [-0.2, -0.15) is 21.6 Å². The minimum atomic E-state index is -5.84. The van der Waals surface area contributed by atoms with Crippen LogP contribution in [0.5, 0.6) is 0 Å². The molecule has 0 aliphatic rings. The van der Waals surface area contributed by atoms with Crippen molar-refractivity contribution in [3.63, 3.8) is 0 Å². The number of carbonyl (C=O) groups excluding carboxylic acids is 1. The van der Waals surface area contributed by atoms with Gasteiger partial charge in [0.25, 0.3) is 0 Å². The fraction of sp³-hybridized carbons (Fsp3) is 0.273. The van der Waals surface area contributed by atoms with Gasteiger partial charge in [-0.1, -0.05) is 18.2 Å². The highest BCUT2D eigenvalue weighted by Gasteiger charge is 2.44. The molecule has 12 heteroatoms. The van der Waals surface area contributed by atoms with E-state index in [1.165, 1.54) is 0 Å². The normalized spacial score (nSPS) is 11.0. The van der Waals surface area contributed by atoms with Crippen molar-refractivity contribution in [3.05, 3.63) is 35.9 Å². The SMILES string of the molecule is NC(N)=NCCOC(=O)c1ccccc1.O=S(=O)(O)C(F)(F)F. The third kappa shape index (κ3) is 9.31. The Bertz CT molecular complexity index is 628. The van der Waals surface area contributed by atoms with Gasteiger partial charge in [0.2, 0.25) is 0 Å². The van der Waals surface area contributed by atoms with Crippen molar-refractivity contribution in [2.45, 2.75) is 5.51 Å². The van der Waals surface area contributed by atoms with Gasteiger partial charge in [-0.05, 0) is 12.1 Å². The van der Waals surface area contributed by atoms with Crippen LogP contribution in [-0.4, -0.2) is 43.6 Å². The number of guanidine groups is 1. The Kier molecular flexibility index (Phi) is 8.04. The van der Waals surface area contributed by atoms with Crippen LogP contribution in [-0.2, 0) is 14.9 Å². The number of carbonyl (C=O) groups is 1. The summed E-state index contributed by atoms with van der Waals surface area (Å²) in [6.07, 6.45) is 0. The molecule has 0 heterocycles. The van der Waals surface area contributed by atoms with E-state index in [0.717, 1.165) is 0 Å². The number of esters is 1. The van der Waals surface area contributed by atoms with Crippen molar-refractivity contribution >= 4 is 22.0 Å². The number of benzene rings is 1. The maximum absolute atomic E-state index is 11.4. The molecule has 0 atom stereocenters. The predicted octanol–water partition coefficient (Wildman–Crippen LogP) is 0.511. The quantitative estimate of drug-likeness (QED) is 0.178. The molecule has 8 nitrogen and oxygen atoms in total. The molecule has 1 rings (SSSR count). The second-order valence-corrected chi connectivity index (χ2v) is 5.14. The molecule has 0 spiro atoms. The lowest BCUT2D eigenvalue weighted by Gasteiger charge is -2.02. The summed E-state index contributed by atoms with van der Waals surface area (Å²) in [7, 11) is -5.84. The van der Waals surface area contributed by atoms with Gasteiger partial charge >= 0.3 is 21.6 Å². The fourth-order valence-corrected chi connectivity index (χ4v) is 0.971. The van der Waals surface area contributed by atoms with Crippen molar-refractivity contribution in [3.8, 4) is 0 Å². The van der Waals surface area contributed by atoms with Gasteiger partial charge in [-0.25, -0.2) is 4.79 Å². The van der Waals surface area contributed by atoms with Crippen LogP contribution >= 0.6 is 0 Å².